The normalized spacial score (nSPS) is 14.9. The maximum absolute atomic E-state index is 4.41. The fourth-order valence-electron chi connectivity index (χ4n) is 2.22. The van der Waals surface area contributed by atoms with E-state index in [0.29, 0.717) is 5.92 Å². The predicted molar refractivity (Wildman–Crippen MR) is 81.3 cm³/mol. The zero-order valence-electron chi connectivity index (χ0n) is 12.0. The largest absolute Gasteiger partial charge is 0.360 e. The summed E-state index contributed by atoms with van der Waals surface area (Å²) >= 11 is 1.65. The molecule has 1 aliphatic rings. The van der Waals surface area contributed by atoms with Gasteiger partial charge in [-0.3, -0.25) is 4.68 Å². The number of hydrogen-bond donors (Lipinski definition) is 1. The molecule has 5 nitrogen and oxygen atoms in total. The van der Waals surface area contributed by atoms with Gasteiger partial charge in [0.2, 0.25) is 5.13 Å². The number of aromatic nitrogens is 4. The first-order valence-corrected chi connectivity index (χ1v) is 8.14. The van der Waals surface area contributed by atoms with Gasteiger partial charge < -0.3 is 5.32 Å². The van der Waals surface area contributed by atoms with Crippen LogP contribution in [0.3, 0.4) is 0 Å². The van der Waals surface area contributed by atoms with Crippen LogP contribution in [0.4, 0.5) is 5.13 Å². The van der Waals surface area contributed by atoms with E-state index in [1.54, 1.807) is 11.3 Å². The third kappa shape index (κ3) is 3.17. The van der Waals surface area contributed by atoms with Crippen LogP contribution in [0.1, 0.15) is 55.6 Å². The van der Waals surface area contributed by atoms with Crippen molar-refractivity contribution >= 4 is 16.5 Å². The van der Waals surface area contributed by atoms with Crippen LogP contribution in [-0.2, 0) is 6.54 Å². The van der Waals surface area contributed by atoms with Gasteiger partial charge in [0.05, 0.1) is 0 Å². The van der Waals surface area contributed by atoms with Crippen LogP contribution in [0.25, 0.3) is 0 Å². The summed E-state index contributed by atoms with van der Waals surface area (Å²) in [6, 6.07) is 2.16. The Morgan fingerprint density at radius 1 is 1.40 bits per heavy atom. The maximum atomic E-state index is 4.41. The molecule has 108 valence electrons. The molecule has 0 unspecified atom stereocenters. The number of hydrogen-bond acceptors (Lipinski definition) is 5. The summed E-state index contributed by atoms with van der Waals surface area (Å²) in [5.74, 6) is 1.22. The molecule has 1 saturated carbocycles. The Balaban J connectivity index is 1.44. The molecule has 1 N–H and O–H groups in total. The Hall–Kier alpha value is -1.43. The van der Waals surface area contributed by atoms with Crippen LogP contribution < -0.4 is 5.32 Å². The molecule has 1 aliphatic carbocycles. The summed E-state index contributed by atoms with van der Waals surface area (Å²) in [7, 11) is 0. The summed E-state index contributed by atoms with van der Waals surface area (Å²) in [5, 5.41) is 18.1. The third-order valence-electron chi connectivity index (χ3n) is 3.50. The minimum Gasteiger partial charge on any atom is -0.360 e. The van der Waals surface area contributed by atoms with E-state index in [4.69, 9.17) is 0 Å². The van der Waals surface area contributed by atoms with Crippen LogP contribution in [0.5, 0.6) is 0 Å². The average Bonchev–Trinajstić information content (AvgIpc) is 2.99. The summed E-state index contributed by atoms with van der Waals surface area (Å²) in [5.41, 5.74) is 1.41. The SMILES string of the molecule is CC(C)c1nnc(NCCCn2nccc2C2CC2)s1. The monoisotopic (exact) mass is 291 g/mol. The molecule has 20 heavy (non-hydrogen) atoms. The van der Waals surface area contributed by atoms with Gasteiger partial charge in [0.15, 0.2) is 0 Å². The van der Waals surface area contributed by atoms with Crippen molar-refractivity contribution in [3.05, 3.63) is 23.0 Å². The molecule has 0 aliphatic heterocycles. The lowest BCUT2D eigenvalue weighted by Crippen LogP contribution is -2.09. The highest BCUT2D eigenvalue weighted by atomic mass is 32.1. The molecule has 0 radical (unpaired) electrons. The fraction of sp³-hybridized carbons (Fsp3) is 0.643. The number of aryl methyl sites for hydroxylation is 1. The fourth-order valence-corrected chi connectivity index (χ4v) is 2.99. The van der Waals surface area contributed by atoms with E-state index in [-0.39, 0.29) is 0 Å². The van der Waals surface area contributed by atoms with Crippen molar-refractivity contribution in [1.29, 1.82) is 0 Å². The van der Waals surface area contributed by atoms with Crippen LogP contribution in [0.15, 0.2) is 12.3 Å². The molecule has 2 aromatic heterocycles. The van der Waals surface area contributed by atoms with Crippen molar-refractivity contribution in [3.8, 4) is 0 Å². The van der Waals surface area contributed by atoms with E-state index < -0.39 is 0 Å². The molecule has 0 amide bonds. The van der Waals surface area contributed by atoms with Crippen LogP contribution in [0, 0.1) is 0 Å². The summed E-state index contributed by atoms with van der Waals surface area (Å²) in [6.45, 7) is 6.17. The van der Waals surface area contributed by atoms with Gasteiger partial charge in [-0.2, -0.15) is 5.10 Å². The first kappa shape index (κ1) is 13.5. The maximum Gasteiger partial charge on any atom is 0.205 e. The van der Waals surface area contributed by atoms with Gasteiger partial charge in [-0.25, -0.2) is 0 Å². The van der Waals surface area contributed by atoms with E-state index in [9.17, 15) is 0 Å². The molecule has 0 spiro atoms. The number of nitrogens with one attached hydrogen (secondary N) is 1. The zero-order chi connectivity index (χ0) is 13.9. The molecular weight excluding hydrogens is 270 g/mol. The number of nitrogens with zero attached hydrogens (tertiary/aromatic N) is 4. The van der Waals surface area contributed by atoms with Gasteiger partial charge in [0.1, 0.15) is 5.01 Å². The first-order chi connectivity index (χ1) is 9.74. The van der Waals surface area contributed by atoms with Gasteiger partial charge in [0, 0.05) is 36.8 Å². The van der Waals surface area contributed by atoms with E-state index in [1.165, 1.54) is 18.5 Å². The minimum absolute atomic E-state index is 0.452. The lowest BCUT2D eigenvalue weighted by Gasteiger charge is -2.06. The van der Waals surface area contributed by atoms with E-state index in [0.717, 1.165) is 35.6 Å². The highest BCUT2D eigenvalue weighted by Gasteiger charge is 2.26. The highest BCUT2D eigenvalue weighted by molar-refractivity contribution is 7.15. The number of rotatable bonds is 7. The van der Waals surface area contributed by atoms with Crippen molar-refractivity contribution in [2.45, 2.75) is 51.5 Å². The van der Waals surface area contributed by atoms with Crippen molar-refractivity contribution < 1.29 is 0 Å². The quantitative estimate of drug-likeness (QED) is 0.796. The summed E-state index contributed by atoms with van der Waals surface area (Å²) in [6.07, 6.45) is 5.62. The Bertz CT molecular complexity index is 555. The smallest absolute Gasteiger partial charge is 0.205 e. The molecule has 0 atom stereocenters. The van der Waals surface area contributed by atoms with Crippen molar-refractivity contribution in [2.24, 2.45) is 0 Å². The van der Waals surface area contributed by atoms with Gasteiger partial charge >= 0.3 is 0 Å². The molecule has 2 heterocycles. The van der Waals surface area contributed by atoms with Gasteiger partial charge in [-0.05, 0) is 25.3 Å². The van der Waals surface area contributed by atoms with Crippen LogP contribution in [-0.4, -0.2) is 26.5 Å². The first-order valence-electron chi connectivity index (χ1n) is 7.33. The molecule has 0 bridgehead atoms. The van der Waals surface area contributed by atoms with Crippen molar-refractivity contribution in [2.75, 3.05) is 11.9 Å². The Morgan fingerprint density at radius 2 is 2.25 bits per heavy atom. The third-order valence-corrected chi connectivity index (χ3v) is 4.68. The highest BCUT2D eigenvalue weighted by Crippen LogP contribution is 2.39. The Morgan fingerprint density at radius 3 is 2.95 bits per heavy atom. The lowest BCUT2D eigenvalue weighted by molar-refractivity contribution is 0.566. The van der Waals surface area contributed by atoms with Gasteiger partial charge in [-0.15, -0.1) is 10.2 Å². The Labute approximate surface area is 123 Å². The van der Waals surface area contributed by atoms with E-state index in [2.05, 4.69) is 45.2 Å². The molecule has 0 aromatic carbocycles. The minimum atomic E-state index is 0.452. The molecule has 3 rings (SSSR count). The van der Waals surface area contributed by atoms with Crippen molar-refractivity contribution in [1.82, 2.24) is 20.0 Å². The summed E-state index contributed by atoms with van der Waals surface area (Å²) in [4.78, 5) is 0. The standard InChI is InChI=1S/C14H21N5S/c1-10(2)13-17-18-14(20-13)15-7-3-9-19-12(6-8-16-19)11-4-5-11/h6,8,10-11H,3-5,7,9H2,1-2H3,(H,15,18). The van der Waals surface area contributed by atoms with Crippen molar-refractivity contribution in [3.63, 3.8) is 0 Å². The van der Waals surface area contributed by atoms with Gasteiger partial charge in [-0.1, -0.05) is 25.2 Å². The predicted octanol–water partition coefficient (Wildman–Crippen LogP) is 3.24. The molecular formula is C14H21N5S. The molecule has 2 aromatic rings. The zero-order valence-corrected chi connectivity index (χ0v) is 12.9. The molecule has 0 saturated heterocycles. The van der Waals surface area contributed by atoms with E-state index >= 15 is 0 Å². The summed E-state index contributed by atoms with van der Waals surface area (Å²) < 4.78 is 2.15. The lowest BCUT2D eigenvalue weighted by atomic mass is 10.2. The Kier molecular flexibility index (Phi) is 4.00. The van der Waals surface area contributed by atoms with E-state index in [1.807, 2.05) is 6.20 Å². The molecule has 6 heteroatoms. The second-order valence-electron chi connectivity index (χ2n) is 5.63. The second kappa shape index (κ2) is 5.91. The number of anilines is 1. The topological polar surface area (TPSA) is 55.6 Å². The molecule has 1 fully saturated rings. The van der Waals surface area contributed by atoms with Gasteiger partial charge in [0.25, 0.3) is 0 Å². The van der Waals surface area contributed by atoms with Crippen LogP contribution in [0.2, 0.25) is 0 Å². The average molecular weight is 291 g/mol. The second-order valence-corrected chi connectivity index (χ2v) is 6.64. The van der Waals surface area contributed by atoms with Crippen LogP contribution >= 0.6 is 11.3 Å².